The summed E-state index contributed by atoms with van der Waals surface area (Å²) in [5.41, 5.74) is 0.976. The van der Waals surface area contributed by atoms with Crippen LogP contribution < -0.4 is 15.3 Å². The van der Waals surface area contributed by atoms with Gasteiger partial charge in [0.2, 0.25) is 7.29 Å². The second kappa shape index (κ2) is 6.90. The summed E-state index contributed by atoms with van der Waals surface area (Å²) in [4.78, 5) is 0. The van der Waals surface area contributed by atoms with Gasteiger partial charge >= 0.3 is 0 Å². The second-order valence-electron chi connectivity index (χ2n) is 5.22. The number of rotatable bonds is 4. The predicted octanol–water partition coefficient (Wildman–Crippen LogP) is 4.66. The Hall–Kier alpha value is -1.58. The molecule has 3 rings (SSSR count). The average Bonchev–Trinajstić information content (AvgIpc) is 2.62. The summed E-state index contributed by atoms with van der Waals surface area (Å²) in [5, 5.41) is 1.68. The molecule has 0 aromatic heterocycles. The zero-order valence-electron chi connectivity index (χ0n) is 12.8. The summed E-state index contributed by atoms with van der Waals surface area (Å²) in [7, 11) is -1.02. The fraction of sp³-hybridized carbons (Fsp3) is 0.0526. The van der Waals surface area contributed by atoms with Crippen molar-refractivity contribution in [1.29, 1.82) is 0 Å². The van der Waals surface area contributed by atoms with Gasteiger partial charge in [0.25, 0.3) is 0 Å². The number of para-hydroxylation sites is 1. The lowest BCUT2D eigenvalue weighted by Crippen LogP contribution is -2.29. The Balaban J connectivity index is 2.21. The standard InChI is InChI=1S/C19H17INOP/c1-21(19-15-9-8-14-18(19)20)23(22,16-10-4-2-5-11-16)17-12-6-3-7-13-17/h2-15H,1H3. The third-order valence-electron chi connectivity index (χ3n) is 3.84. The van der Waals surface area contributed by atoms with Crippen molar-refractivity contribution in [3.63, 3.8) is 0 Å². The molecule has 4 heteroatoms. The Kier molecular flexibility index (Phi) is 4.88. The van der Waals surface area contributed by atoms with E-state index >= 15 is 0 Å². The molecule has 0 saturated carbocycles. The quantitative estimate of drug-likeness (QED) is 0.441. The molecule has 2 nitrogen and oxygen atoms in total. The molecular weight excluding hydrogens is 416 g/mol. The Bertz CT molecular complexity index is 793. The first-order chi connectivity index (χ1) is 11.1. The summed E-state index contributed by atoms with van der Waals surface area (Å²) >= 11 is 2.29. The lowest BCUT2D eigenvalue weighted by atomic mass is 10.3. The average molecular weight is 433 g/mol. The van der Waals surface area contributed by atoms with Gasteiger partial charge < -0.3 is 4.67 Å². The van der Waals surface area contributed by atoms with Crippen LogP contribution in [0.25, 0.3) is 0 Å². The molecule has 0 aliphatic heterocycles. The Morgan fingerprint density at radius 3 is 1.65 bits per heavy atom. The van der Waals surface area contributed by atoms with Crippen molar-refractivity contribution in [3.8, 4) is 0 Å². The van der Waals surface area contributed by atoms with Gasteiger partial charge in [-0.2, -0.15) is 0 Å². The van der Waals surface area contributed by atoms with Crippen LogP contribution in [-0.4, -0.2) is 7.05 Å². The largest absolute Gasteiger partial charge is 0.318 e. The SMILES string of the molecule is CN(c1ccccc1I)P(=O)(c1ccccc1)c1ccccc1. The zero-order chi connectivity index (χ0) is 16.3. The third-order valence-corrected chi connectivity index (χ3v) is 7.80. The molecule has 0 aliphatic carbocycles. The molecule has 0 spiro atoms. The van der Waals surface area contributed by atoms with Crippen LogP contribution in [0.15, 0.2) is 84.9 Å². The fourth-order valence-electron chi connectivity index (χ4n) is 2.62. The van der Waals surface area contributed by atoms with Gasteiger partial charge in [-0.15, -0.1) is 0 Å². The number of hydrogen-bond donors (Lipinski definition) is 0. The molecule has 3 aromatic rings. The van der Waals surface area contributed by atoms with Gasteiger partial charge in [0.05, 0.1) is 5.69 Å². The summed E-state index contributed by atoms with van der Waals surface area (Å²) in [6.45, 7) is 0. The molecule has 0 radical (unpaired) electrons. The first-order valence-corrected chi connectivity index (χ1v) is 10.1. The number of anilines is 1. The number of nitrogens with zero attached hydrogens (tertiary/aromatic N) is 1. The highest BCUT2D eigenvalue weighted by Gasteiger charge is 2.33. The molecule has 0 unspecified atom stereocenters. The van der Waals surface area contributed by atoms with E-state index in [0.717, 1.165) is 19.9 Å². The minimum atomic E-state index is -2.94. The van der Waals surface area contributed by atoms with Crippen molar-refractivity contribution in [2.75, 3.05) is 11.7 Å². The minimum Gasteiger partial charge on any atom is -0.318 e. The summed E-state index contributed by atoms with van der Waals surface area (Å²) < 4.78 is 17.2. The van der Waals surface area contributed by atoms with Crippen LogP contribution in [0.4, 0.5) is 5.69 Å². The van der Waals surface area contributed by atoms with Crippen LogP contribution in [0.5, 0.6) is 0 Å². The van der Waals surface area contributed by atoms with Crippen LogP contribution in [-0.2, 0) is 4.57 Å². The van der Waals surface area contributed by atoms with Gasteiger partial charge in [-0.1, -0.05) is 48.5 Å². The van der Waals surface area contributed by atoms with Crippen LogP contribution in [0.2, 0.25) is 0 Å². The highest BCUT2D eigenvalue weighted by atomic mass is 127. The van der Waals surface area contributed by atoms with Crippen LogP contribution in [0.3, 0.4) is 0 Å². The van der Waals surface area contributed by atoms with E-state index in [1.54, 1.807) is 0 Å². The minimum absolute atomic E-state index is 0.841. The summed E-state index contributed by atoms with van der Waals surface area (Å²) in [5.74, 6) is 0. The molecule has 0 N–H and O–H groups in total. The van der Waals surface area contributed by atoms with E-state index in [-0.39, 0.29) is 0 Å². The van der Waals surface area contributed by atoms with Crippen molar-refractivity contribution in [3.05, 3.63) is 88.5 Å². The van der Waals surface area contributed by atoms with E-state index in [0.29, 0.717) is 0 Å². The molecule has 0 heterocycles. The van der Waals surface area contributed by atoms with Crippen molar-refractivity contribution < 1.29 is 4.57 Å². The molecular formula is C19H17INOP. The molecule has 0 saturated heterocycles. The lowest BCUT2D eigenvalue weighted by Gasteiger charge is -2.31. The van der Waals surface area contributed by atoms with E-state index in [4.69, 9.17) is 0 Å². The number of halogens is 1. The van der Waals surface area contributed by atoms with Crippen molar-refractivity contribution in [2.45, 2.75) is 0 Å². The normalized spacial score (nSPS) is 11.2. The van der Waals surface area contributed by atoms with E-state index in [1.807, 2.05) is 96.6 Å². The summed E-state index contributed by atoms with van der Waals surface area (Å²) in [6.07, 6.45) is 0. The topological polar surface area (TPSA) is 20.3 Å². The molecule has 0 bridgehead atoms. The Labute approximate surface area is 150 Å². The monoisotopic (exact) mass is 433 g/mol. The van der Waals surface area contributed by atoms with E-state index in [2.05, 4.69) is 22.6 Å². The highest BCUT2D eigenvalue weighted by Crippen LogP contribution is 2.49. The molecule has 0 atom stereocenters. The molecule has 0 fully saturated rings. The second-order valence-corrected chi connectivity index (χ2v) is 9.17. The van der Waals surface area contributed by atoms with Crippen LogP contribution >= 0.6 is 29.9 Å². The van der Waals surface area contributed by atoms with E-state index < -0.39 is 7.29 Å². The fourth-order valence-corrected chi connectivity index (χ4v) is 6.18. The lowest BCUT2D eigenvalue weighted by molar-refractivity contribution is 0.586. The molecule has 3 aromatic carbocycles. The Morgan fingerprint density at radius 2 is 1.17 bits per heavy atom. The maximum Gasteiger partial charge on any atom is 0.229 e. The molecule has 116 valence electrons. The van der Waals surface area contributed by atoms with Gasteiger partial charge in [-0.3, -0.25) is 4.57 Å². The van der Waals surface area contributed by atoms with Crippen LogP contribution in [0.1, 0.15) is 0 Å². The van der Waals surface area contributed by atoms with Crippen molar-refractivity contribution in [1.82, 2.24) is 0 Å². The van der Waals surface area contributed by atoms with E-state index in [1.165, 1.54) is 0 Å². The van der Waals surface area contributed by atoms with Crippen molar-refractivity contribution in [2.24, 2.45) is 0 Å². The third kappa shape index (κ3) is 3.08. The Morgan fingerprint density at radius 1 is 0.739 bits per heavy atom. The zero-order valence-corrected chi connectivity index (χ0v) is 15.8. The number of hydrogen-bond acceptors (Lipinski definition) is 1. The molecule has 0 aliphatic rings. The molecule has 23 heavy (non-hydrogen) atoms. The predicted molar refractivity (Wildman–Crippen MR) is 107 cm³/mol. The number of benzene rings is 3. The van der Waals surface area contributed by atoms with Crippen LogP contribution in [0, 0.1) is 3.57 Å². The van der Waals surface area contributed by atoms with Gasteiger partial charge in [-0.25, -0.2) is 0 Å². The van der Waals surface area contributed by atoms with Gasteiger partial charge in [0, 0.05) is 21.2 Å². The molecule has 0 amide bonds. The maximum absolute atomic E-state index is 14.2. The van der Waals surface area contributed by atoms with Crippen molar-refractivity contribution >= 4 is 46.2 Å². The van der Waals surface area contributed by atoms with E-state index in [9.17, 15) is 4.57 Å². The first kappa shape index (κ1) is 16.3. The highest BCUT2D eigenvalue weighted by molar-refractivity contribution is 14.1. The summed E-state index contributed by atoms with van der Waals surface area (Å²) in [6, 6.07) is 27.5. The van der Waals surface area contributed by atoms with Gasteiger partial charge in [0.15, 0.2) is 0 Å². The van der Waals surface area contributed by atoms with Gasteiger partial charge in [-0.05, 0) is 59.0 Å². The van der Waals surface area contributed by atoms with Gasteiger partial charge in [0.1, 0.15) is 0 Å². The first-order valence-electron chi connectivity index (χ1n) is 7.34. The maximum atomic E-state index is 14.2. The smallest absolute Gasteiger partial charge is 0.229 e.